The minimum Gasteiger partial charge on any atom is -0.384 e. The molecule has 2 rings (SSSR count). The number of halogens is 1. The van der Waals surface area contributed by atoms with E-state index in [0.717, 1.165) is 25.9 Å². The number of benzene rings is 1. The monoisotopic (exact) mass is 264 g/mol. The average Bonchev–Trinajstić information content (AvgIpc) is 2.90. The van der Waals surface area contributed by atoms with Crippen molar-refractivity contribution in [3.05, 3.63) is 35.1 Å². The van der Waals surface area contributed by atoms with E-state index in [1.54, 1.807) is 11.0 Å². The molecule has 1 fully saturated rings. The Morgan fingerprint density at radius 1 is 1.42 bits per heavy atom. The van der Waals surface area contributed by atoms with Gasteiger partial charge < -0.3 is 16.0 Å². The van der Waals surface area contributed by atoms with E-state index in [1.807, 2.05) is 0 Å². The number of carbonyl (C=O) groups is 1. The van der Waals surface area contributed by atoms with E-state index in [2.05, 4.69) is 5.32 Å². The number of nitrogens with one attached hydrogen (secondary N) is 2. The van der Waals surface area contributed by atoms with Gasteiger partial charge in [0.1, 0.15) is 11.7 Å². The van der Waals surface area contributed by atoms with Gasteiger partial charge in [-0.25, -0.2) is 9.18 Å². The standard InChI is InChI=1S/C13H17FN4O/c14-11-7-9(12(15)16)3-4-10(11)8-17-13(19)18-5-1-2-6-18/h3-4,7H,1-2,5-6,8H2,(H3,15,16)(H,17,19). The molecule has 102 valence electrons. The Morgan fingerprint density at radius 2 is 2.11 bits per heavy atom. The van der Waals surface area contributed by atoms with Crippen LogP contribution < -0.4 is 11.1 Å². The van der Waals surface area contributed by atoms with Crippen LogP contribution in [0.15, 0.2) is 18.2 Å². The summed E-state index contributed by atoms with van der Waals surface area (Å²) in [5.41, 5.74) is 6.00. The summed E-state index contributed by atoms with van der Waals surface area (Å²) < 4.78 is 13.7. The first-order valence-electron chi connectivity index (χ1n) is 6.23. The molecule has 4 N–H and O–H groups in total. The molecule has 1 aromatic rings. The highest BCUT2D eigenvalue weighted by Gasteiger charge is 2.17. The molecule has 0 aromatic heterocycles. The fourth-order valence-electron chi connectivity index (χ4n) is 2.06. The highest BCUT2D eigenvalue weighted by atomic mass is 19.1. The number of hydrogen-bond donors (Lipinski definition) is 3. The maximum absolute atomic E-state index is 13.7. The van der Waals surface area contributed by atoms with Crippen LogP contribution in [0.3, 0.4) is 0 Å². The number of rotatable bonds is 3. The maximum Gasteiger partial charge on any atom is 0.317 e. The molecular formula is C13H17FN4O. The Balaban J connectivity index is 1.95. The van der Waals surface area contributed by atoms with Gasteiger partial charge in [-0.1, -0.05) is 12.1 Å². The summed E-state index contributed by atoms with van der Waals surface area (Å²) in [5.74, 6) is -0.638. The zero-order valence-corrected chi connectivity index (χ0v) is 10.6. The van der Waals surface area contributed by atoms with Crippen LogP contribution in [0.4, 0.5) is 9.18 Å². The number of nitrogens with zero attached hydrogens (tertiary/aromatic N) is 1. The molecule has 1 aromatic carbocycles. The van der Waals surface area contributed by atoms with Crippen molar-refractivity contribution in [2.24, 2.45) is 5.73 Å². The second-order valence-electron chi connectivity index (χ2n) is 4.57. The van der Waals surface area contributed by atoms with E-state index >= 15 is 0 Å². The van der Waals surface area contributed by atoms with Crippen molar-refractivity contribution in [2.45, 2.75) is 19.4 Å². The molecule has 0 unspecified atom stereocenters. The first-order valence-corrected chi connectivity index (χ1v) is 6.23. The van der Waals surface area contributed by atoms with Gasteiger partial charge >= 0.3 is 6.03 Å². The Morgan fingerprint density at radius 3 is 2.68 bits per heavy atom. The maximum atomic E-state index is 13.7. The van der Waals surface area contributed by atoms with Crippen LogP contribution in [0.1, 0.15) is 24.0 Å². The lowest BCUT2D eigenvalue weighted by Crippen LogP contribution is -2.37. The van der Waals surface area contributed by atoms with Gasteiger partial charge in [0.05, 0.1) is 0 Å². The van der Waals surface area contributed by atoms with Gasteiger partial charge in [0.2, 0.25) is 0 Å². The lowest BCUT2D eigenvalue weighted by Gasteiger charge is -2.16. The van der Waals surface area contributed by atoms with E-state index < -0.39 is 5.82 Å². The summed E-state index contributed by atoms with van der Waals surface area (Å²) in [5, 5.41) is 9.91. The van der Waals surface area contributed by atoms with Crippen molar-refractivity contribution in [1.29, 1.82) is 5.41 Å². The number of urea groups is 1. The molecular weight excluding hydrogens is 247 g/mol. The number of likely N-dealkylation sites (tertiary alicyclic amines) is 1. The Kier molecular flexibility index (Phi) is 3.99. The molecule has 19 heavy (non-hydrogen) atoms. The average molecular weight is 264 g/mol. The van der Waals surface area contributed by atoms with Crippen molar-refractivity contribution in [3.8, 4) is 0 Å². The van der Waals surface area contributed by atoms with Crippen molar-refractivity contribution in [1.82, 2.24) is 10.2 Å². The number of amides is 2. The van der Waals surface area contributed by atoms with Gasteiger partial charge in [0, 0.05) is 30.8 Å². The fraction of sp³-hybridized carbons (Fsp3) is 0.385. The van der Waals surface area contributed by atoms with Crippen LogP contribution in [-0.2, 0) is 6.54 Å². The van der Waals surface area contributed by atoms with Crippen LogP contribution >= 0.6 is 0 Å². The number of amidine groups is 1. The third kappa shape index (κ3) is 3.21. The van der Waals surface area contributed by atoms with E-state index in [4.69, 9.17) is 11.1 Å². The predicted octanol–water partition coefficient (Wildman–Crippen LogP) is 1.42. The first kappa shape index (κ1) is 13.3. The van der Waals surface area contributed by atoms with Gasteiger partial charge in [0.25, 0.3) is 0 Å². The smallest absolute Gasteiger partial charge is 0.317 e. The topological polar surface area (TPSA) is 82.2 Å². The van der Waals surface area contributed by atoms with Crippen LogP contribution in [0.5, 0.6) is 0 Å². The summed E-state index contributed by atoms with van der Waals surface area (Å²) in [6.07, 6.45) is 2.05. The van der Waals surface area contributed by atoms with E-state index in [-0.39, 0.29) is 18.4 Å². The summed E-state index contributed by atoms with van der Waals surface area (Å²) in [7, 11) is 0. The lowest BCUT2D eigenvalue weighted by atomic mass is 10.1. The Labute approximate surface area is 111 Å². The van der Waals surface area contributed by atoms with Crippen molar-refractivity contribution >= 4 is 11.9 Å². The van der Waals surface area contributed by atoms with Crippen LogP contribution in [0.2, 0.25) is 0 Å². The summed E-state index contributed by atoms with van der Waals surface area (Å²) in [4.78, 5) is 13.5. The van der Waals surface area contributed by atoms with E-state index in [9.17, 15) is 9.18 Å². The fourth-order valence-corrected chi connectivity index (χ4v) is 2.06. The molecule has 5 nitrogen and oxygen atoms in total. The van der Waals surface area contributed by atoms with Gasteiger partial charge in [-0.3, -0.25) is 5.41 Å². The molecule has 0 saturated carbocycles. The molecule has 1 heterocycles. The largest absolute Gasteiger partial charge is 0.384 e. The molecule has 0 radical (unpaired) electrons. The molecule has 1 saturated heterocycles. The minimum absolute atomic E-state index is 0.138. The van der Waals surface area contributed by atoms with Gasteiger partial charge in [0.15, 0.2) is 0 Å². The Bertz CT molecular complexity index is 497. The highest BCUT2D eigenvalue weighted by molar-refractivity contribution is 5.94. The molecule has 1 aliphatic rings. The second kappa shape index (κ2) is 5.69. The third-order valence-electron chi connectivity index (χ3n) is 3.19. The highest BCUT2D eigenvalue weighted by Crippen LogP contribution is 2.11. The summed E-state index contributed by atoms with van der Waals surface area (Å²) in [6.45, 7) is 1.66. The molecule has 0 atom stereocenters. The first-order chi connectivity index (χ1) is 9.08. The predicted molar refractivity (Wildman–Crippen MR) is 70.5 cm³/mol. The van der Waals surface area contributed by atoms with Gasteiger partial charge in [-0.15, -0.1) is 0 Å². The van der Waals surface area contributed by atoms with Gasteiger partial charge in [-0.2, -0.15) is 0 Å². The minimum atomic E-state index is -0.463. The lowest BCUT2D eigenvalue weighted by molar-refractivity contribution is 0.208. The Hall–Kier alpha value is -2.11. The van der Waals surface area contributed by atoms with Crippen LogP contribution in [0.25, 0.3) is 0 Å². The summed E-state index contributed by atoms with van der Waals surface area (Å²) in [6, 6.07) is 4.16. The number of nitrogens with two attached hydrogens (primary N) is 1. The van der Waals surface area contributed by atoms with Crippen molar-refractivity contribution in [2.75, 3.05) is 13.1 Å². The zero-order chi connectivity index (χ0) is 13.8. The summed E-state index contributed by atoms with van der Waals surface area (Å²) >= 11 is 0. The van der Waals surface area contributed by atoms with Crippen molar-refractivity contribution in [3.63, 3.8) is 0 Å². The van der Waals surface area contributed by atoms with E-state index in [1.165, 1.54) is 12.1 Å². The number of hydrogen-bond acceptors (Lipinski definition) is 2. The number of carbonyl (C=O) groups excluding carboxylic acids is 1. The molecule has 2 amide bonds. The normalized spacial score (nSPS) is 14.5. The van der Waals surface area contributed by atoms with Crippen LogP contribution in [0, 0.1) is 11.2 Å². The molecule has 6 heteroatoms. The molecule has 1 aliphatic heterocycles. The zero-order valence-electron chi connectivity index (χ0n) is 10.6. The molecule has 0 spiro atoms. The van der Waals surface area contributed by atoms with Crippen LogP contribution in [-0.4, -0.2) is 29.9 Å². The SMILES string of the molecule is N=C(N)c1ccc(CNC(=O)N2CCCC2)c(F)c1. The third-order valence-corrected chi connectivity index (χ3v) is 3.19. The second-order valence-corrected chi connectivity index (χ2v) is 4.57. The van der Waals surface area contributed by atoms with Gasteiger partial charge in [-0.05, 0) is 18.9 Å². The molecule has 0 aliphatic carbocycles. The quantitative estimate of drug-likeness (QED) is 0.570. The van der Waals surface area contributed by atoms with E-state index in [0.29, 0.717) is 11.1 Å². The molecule has 0 bridgehead atoms. The van der Waals surface area contributed by atoms with Crippen molar-refractivity contribution < 1.29 is 9.18 Å². The number of nitrogen functional groups attached to an aromatic ring is 1.